The highest BCUT2D eigenvalue weighted by Crippen LogP contribution is 2.25. The van der Waals surface area contributed by atoms with Crippen LogP contribution in [0.15, 0.2) is 36.8 Å². The lowest BCUT2D eigenvalue weighted by atomic mass is 9.96. The monoisotopic (exact) mass is 255 g/mol. The number of nitrogens with one attached hydrogen (secondary N) is 1. The fourth-order valence-corrected chi connectivity index (χ4v) is 2.82. The van der Waals surface area contributed by atoms with E-state index in [1.54, 1.807) is 0 Å². The summed E-state index contributed by atoms with van der Waals surface area (Å²) in [5.41, 5.74) is 3.93. The molecular formula is C16H21N3. The molecule has 1 fully saturated rings. The molecule has 1 N–H and O–H groups in total. The van der Waals surface area contributed by atoms with E-state index in [4.69, 9.17) is 0 Å². The van der Waals surface area contributed by atoms with Gasteiger partial charge in [-0.3, -0.25) is 0 Å². The molecule has 1 aliphatic rings. The van der Waals surface area contributed by atoms with Gasteiger partial charge in [0.2, 0.25) is 0 Å². The predicted octanol–water partition coefficient (Wildman–Crippen LogP) is 2.90. The summed E-state index contributed by atoms with van der Waals surface area (Å²) in [7, 11) is 0. The normalized spacial score (nSPS) is 19.5. The molecule has 2 heterocycles. The van der Waals surface area contributed by atoms with E-state index in [0.29, 0.717) is 5.92 Å². The molecular weight excluding hydrogens is 234 g/mol. The number of nitrogens with zero attached hydrogens (tertiary/aromatic N) is 2. The van der Waals surface area contributed by atoms with Gasteiger partial charge in [0, 0.05) is 30.0 Å². The summed E-state index contributed by atoms with van der Waals surface area (Å²) in [5, 5.41) is 3.48. The third kappa shape index (κ3) is 2.56. The lowest BCUT2D eigenvalue weighted by Crippen LogP contribution is -2.29. The zero-order valence-corrected chi connectivity index (χ0v) is 11.5. The van der Waals surface area contributed by atoms with Crippen LogP contribution in [-0.2, 0) is 6.42 Å². The second-order valence-corrected chi connectivity index (χ2v) is 5.25. The minimum atomic E-state index is 0.585. The van der Waals surface area contributed by atoms with Crippen molar-refractivity contribution in [3.8, 4) is 5.69 Å². The van der Waals surface area contributed by atoms with Crippen molar-refractivity contribution < 1.29 is 0 Å². The standard InChI is InChI=1S/C16H21N3/c1-2-13-5-7-15(8-6-13)19-12-18-11-16(19)14-4-3-9-17-10-14/h5-8,11-12,14,17H,2-4,9-10H2,1H3. The first-order chi connectivity index (χ1) is 9.38. The Hall–Kier alpha value is -1.61. The maximum absolute atomic E-state index is 4.35. The molecule has 1 saturated heterocycles. The van der Waals surface area contributed by atoms with Crippen LogP contribution < -0.4 is 5.32 Å². The summed E-state index contributed by atoms with van der Waals surface area (Å²) < 4.78 is 2.23. The molecule has 1 atom stereocenters. The van der Waals surface area contributed by atoms with Gasteiger partial charge in [-0.1, -0.05) is 19.1 Å². The molecule has 19 heavy (non-hydrogen) atoms. The van der Waals surface area contributed by atoms with E-state index in [0.717, 1.165) is 19.5 Å². The molecule has 1 unspecified atom stereocenters. The van der Waals surface area contributed by atoms with E-state index in [1.807, 2.05) is 12.5 Å². The Bertz CT molecular complexity index is 521. The van der Waals surface area contributed by atoms with Crippen LogP contribution in [-0.4, -0.2) is 22.6 Å². The van der Waals surface area contributed by atoms with Crippen LogP contribution in [0.1, 0.15) is 36.9 Å². The van der Waals surface area contributed by atoms with Gasteiger partial charge in [-0.25, -0.2) is 4.98 Å². The van der Waals surface area contributed by atoms with Gasteiger partial charge < -0.3 is 9.88 Å². The summed E-state index contributed by atoms with van der Waals surface area (Å²) >= 11 is 0. The van der Waals surface area contributed by atoms with Crippen molar-refractivity contribution in [3.63, 3.8) is 0 Å². The number of rotatable bonds is 3. The summed E-state index contributed by atoms with van der Waals surface area (Å²) in [4.78, 5) is 4.35. The fourth-order valence-electron chi connectivity index (χ4n) is 2.82. The molecule has 0 amide bonds. The zero-order valence-electron chi connectivity index (χ0n) is 11.5. The number of piperidine rings is 1. The second kappa shape index (κ2) is 5.57. The van der Waals surface area contributed by atoms with E-state index in [1.165, 1.54) is 29.8 Å². The van der Waals surface area contributed by atoms with Gasteiger partial charge in [-0.2, -0.15) is 0 Å². The number of aromatic nitrogens is 2. The van der Waals surface area contributed by atoms with Crippen molar-refractivity contribution in [2.24, 2.45) is 0 Å². The maximum Gasteiger partial charge on any atom is 0.0994 e. The summed E-state index contributed by atoms with van der Waals surface area (Å²) in [5.74, 6) is 0.585. The summed E-state index contributed by atoms with van der Waals surface area (Å²) in [6.07, 6.45) is 7.55. The molecule has 1 aromatic carbocycles. The molecule has 1 aromatic heterocycles. The first-order valence-electron chi connectivity index (χ1n) is 7.20. The Morgan fingerprint density at radius 3 is 2.84 bits per heavy atom. The number of benzene rings is 1. The molecule has 3 rings (SSSR count). The largest absolute Gasteiger partial charge is 0.316 e. The smallest absolute Gasteiger partial charge is 0.0994 e. The van der Waals surface area contributed by atoms with Gasteiger partial charge in [0.15, 0.2) is 0 Å². The molecule has 1 aliphatic heterocycles. The number of aryl methyl sites for hydroxylation is 1. The topological polar surface area (TPSA) is 29.9 Å². The van der Waals surface area contributed by atoms with Crippen LogP contribution in [0.25, 0.3) is 5.69 Å². The van der Waals surface area contributed by atoms with Crippen molar-refractivity contribution in [3.05, 3.63) is 48.0 Å². The molecule has 0 spiro atoms. The van der Waals surface area contributed by atoms with Gasteiger partial charge in [0.25, 0.3) is 0 Å². The van der Waals surface area contributed by atoms with Gasteiger partial charge in [-0.05, 0) is 43.5 Å². The summed E-state index contributed by atoms with van der Waals surface area (Å²) in [6, 6.07) is 8.80. The highest BCUT2D eigenvalue weighted by atomic mass is 15.1. The van der Waals surface area contributed by atoms with Crippen LogP contribution in [0.4, 0.5) is 0 Å². The van der Waals surface area contributed by atoms with E-state index < -0.39 is 0 Å². The van der Waals surface area contributed by atoms with Crippen LogP contribution in [0.5, 0.6) is 0 Å². The van der Waals surface area contributed by atoms with Crippen molar-refractivity contribution in [2.75, 3.05) is 13.1 Å². The minimum absolute atomic E-state index is 0.585. The van der Waals surface area contributed by atoms with Crippen LogP contribution in [0, 0.1) is 0 Å². The van der Waals surface area contributed by atoms with Crippen LogP contribution >= 0.6 is 0 Å². The van der Waals surface area contributed by atoms with Crippen molar-refractivity contribution in [1.29, 1.82) is 0 Å². The maximum atomic E-state index is 4.35. The highest BCUT2D eigenvalue weighted by molar-refractivity contribution is 5.37. The van der Waals surface area contributed by atoms with E-state index in [2.05, 4.69) is 46.1 Å². The minimum Gasteiger partial charge on any atom is -0.316 e. The predicted molar refractivity (Wildman–Crippen MR) is 77.8 cm³/mol. The summed E-state index contributed by atoms with van der Waals surface area (Å²) in [6.45, 7) is 4.40. The van der Waals surface area contributed by atoms with Gasteiger partial charge in [-0.15, -0.1) is 0 Å². The van der Waals surface area contributed by atoms with E-state index in [9.17, 15) is 0 Å². The third-order valence-electron chi connectivity index (χ3n) is 4.01. The lowest BCUT2D eigenvalue weighted by Gasteiger charge is -2.23. The highest BCUT2D eigenvalue weighted by Gasteiger charge is 2.19. The zero-order chi connectivity index (χ0) is 13.1. The Balaban J connectivity index is 1.89. The molecule has 0 radical (unpaired) electrons. The number of hydrogen-bond acceptors (Lipinski definition) is 2. The molecule has 0 bridgehead atoms. The average molecular weight is 255 g/mol. The van der Waals surface area contributed by atoms with Crippen LogP contribution in [0.3, 0.4) is 0 Å². The molecule has 3 nitrogen and oxygen atoms in total. The van der Waals surface area contributed by atoms with Gasteiger partial charge >= 0.3 is 0 Å². The molecule has 100 valence electrons. The third-order valence-corrected chi connectivity index (χ3v) is 4.01. The van der Waals surface area contributed by atoms with E-state index >= 15 is 0 Å². The number of imidazole rings is 1. The first kappa shape index (κ1) is 12.4. The Labute approximate surface area is 114 Å². The lowest BCUT2D eigenvalue weighted by molar-refractivity contribution is 0.451. The second-order valence-electron chi connectivity index (χ2n) is 5.25. The number of hydrogen-bond donors (Lipinski definition) is 1. The van der Waals surface area contributed by atoms with E-state index in [-0.39, 0.29) is 0 Å². The van der Waals surface area contributed by atoms with Crippen molar-refractivity contribution in [1.82, 2.24) is 14.9 Å². The van der Waals surface area contributed by atoms with Crippen molar-refractivity contribution >= 4 is 0 Å². The van der Waals surface area contributed by atoms with Crippen LogP contribution in [0.2, 0.25) is 0 Å². The molecule has 0 saturated carbocycles. The Morgan fingerprint density at radius 1 is 1.32 bits per heavy atom. The Morgan fingerprint density at radius 2 is 2.16 bits per heavy atom. The molecule has 2 aromatic rings. The quantitative estimate of drug-likeness (QED) is 0.914. The Kier molecular flexibility index (Phi) is 3.65. The van der Waals surface area contributed by atoms with Crippen molar-refractivity contribution in [2.45, 2.75) is 32.1 Å². The fraction of sp³-hybridized carbons (Fsp3) is 0.438. The van der Waals surface area contributed by atoms with Gasteiger partial charge in [0.05, 0.1) is 6.33 Å². The van der Waals surface area contributed by atoms with Gasteiger partial charge in [0.1, 0.15) is 0 Å². The SMILES string of the molecule is CCc1ccc(-n2cncc2C2CCCNC2)cc1. The first-order valence-corrected chi connectivity index (χ1v) is 7.20. The molecule has 3 heteroatoms. The molecule has 0 aliphatic carbocycles. The average Bonchev–Trinajstić information content (AvgIpc) is 2.98.